The fourth-order valence-corrected chi connectivity index (χ4v) is 0.923. The van der Waals surface area contributed by atoms with Gasteiger partial charge in [-0.25, -0.2) is 0 Å². The van der Waals surface area contributed by atoms with E-state index in [2.05, 4.69) is 10.6 Å². The molecule has 0 heterocycles. The van der Waals surface area contributed by atoms with Crippen LogP contribution in [-0.4, -0.2) is 23.4 Å². The van der Waals surface area contributed by atoms with Crippen LogP contribution in [0.1, 0.15) is 41.5 Å². The first-order valence-electron chi connectivity index (χ1n) is 5.26. The van der Waals surface area contributed by atoms with Crippen LogP contribution in [0.15, 0.2) is 0 Å². The summed E-state index contributed by atoms with van der Waals surface area (Å²) in [5, 5.41) is 5.46. The van der Waals surface area contributed by atoms with Gasteiger partial charge in [-0.15, -0.1) is 0 Å². The lowest BCUT2D eigenvalue weighted by molar-refractivity contribution is -0.130. The summed E-state index contributed by atoms with van der Waals surface area (Å²) in [7, 11) is 0. The summed E-state index contributed by atoms with van der Waals surface area (Å²) < 4.78 is 0. The average molecular weight is 214 g/mol. The highest BCUT2D eigenvalue weighted by Crippen LogP contribution is 2.00. The number of rotatable bonds is 3. The van der Waals surface area contributed by atoms with Crippen molar-refractivity contribution in [2.75, 3.05) is 0 Å². The van der Waals surface area contributed by atoms with Gasteiger partial charge in [0.15, 0.2) is 0 Å². The number of hydrogen-bond acceptors (Lipinski definition) is 2. The maximum Gasteiger partial charge on any atom is 0.242 e. The summed E-state index contributed by atoms with van der Waals surface area (Å²) in [5.74, 6) is -0.363. The molecule has 0 bridgehead atoms. The SMILES string of the molecule is CC(C)C(=O)NC(C)C(=O)NC(C)(C)C. The van der Waals surface area contributed by atoms with Crippen molar-refractivity contribution in [3.05, 3.63) is 0 Å². The molecule has 0 aliphatic rings. The zero-order valence-electron chi connectivity index (χ0n) is 10.5. The first kappa shape index (κ1) is 13.9. The molecule has 0 saturated carbocycles. The van der Waals surface area contributed by atoms with Gasteiger partial charge in [0.25, 0.3) is 0 Å². The molecule has 0 rings (SSSR count). The summed E-state index contributed by atoms with van der Waals surface area (Å²) in [6, 6.07) is -0.487. The third-order valence-corrected chi connectivity index (χ3v) is 1.77. The molecule has 0 aliphatic heterocycles. The van der Waals surface area contributed by atoms with E-state index in [-0.39, 0.29) is 23.3 Å². The van der Waals surface area contributed by atoms with Crippen LogP contribution in [-0.2, 0) is 9.59 Å². The number of carbonyl (C=O) groups excluding carboxylic acids is 2. The lowest BCUT2D eigenvalue weighted by Gasteiger charge is -2.24. The minimum absolute atomic E-state index is 0.102. The molecule has 4 nitrogen and oxygen atoms in total. The molecular formula is C11H22N2O2. The Morgan fingerprint density at radius 3 is 1.80 bits per heavy atom. The highest BCUT2D eigenvalue weighted by molar-refractivity contribution is 5.88. The van der Waals surface area contributed by atoms with Gasteiger partial charge in [-0.2, -0.15) is 0 Å². The van der Waals surface area contributed by atoms with Crippen molar-refractivity contribution in [3.8, 4) is 0 Å². The van der Waals surface area contributed by atoms with Crippen molar-refractivity contribution in [3.63, 3.8) is 0 Å². The second-order valence-corrected chi connectivity index (χ2v) is 5.12. The summed E-state index contributed by atoms with van der Waals surface area (Å²) in [6.07, 6.45) is 0. The Morgan fingerprint density at radius 2 is 1.47 bits per heavy atom. The highest BCUT2D eigenvalue weighted by Gasteiger charge is 2.21. The van der Waals surface area contributed by atoms with Gasteiger partial charge in [0.1, 0.15) is 6.04 Å². The molecule has 0 saturated heterocycles. The Kier molecular flexibility index (Phi) is 4.78. The lowest BCUT2D eigenvalue weighted by Crippen LogP contribution is -2.51. The van der Waals surface area contributed by atoms with E-state index in [0.29, 0.717) is 0 Å². The largest absolute Gasteiger partial charge is 0.350 e. The first-order valence-corrected chi connectivity index (χ1v) is 5.26. The predicted molar refractivity (Wildman–Crippen MR) is 60.3 cm³/mol. The molecule has 0 radical (unpaired) electrons. The van der Waals surface area contributed by atoms with Crippen molar-refractivity contribution < 1.29 is 9.59 Å². The van der Waals surface area contributed by atoms with Gasteiger partial charge in [-0.3, -0.25) is 9.59 Å². The predicted octanol–water partition coefficient (Wildman–Crippen LogP) is 1.06. The normalized spacial score (nSPS) is 13.5. The maximum atomic E-state index is 11.6. The standard InChI is InChI=1S/C11H22N2O2/c1-7(2)9(14)12-8(3)10(15)13-11(4,5)6/h7-8H,1-6H3,(H,12,14)(H,13,15). The molecule has 0 aromatic heterocycles. The zero-order chi connectivity index (χ0) is 12.2. The molecule has 0 fully saturated rings. The molecule has 2 amide bonds. The van der Waals surface area contributed by atoms with E-state index in [1.165, 1.54) is 0 Å². The Balaban J connectivity index is 4.17. The third kappa shape index (κ3) is 6.10. The lowest BCUT2D eigenvalue weighted by atomic mass is 10.1. The number of amides is 2. The molecule has 15 heavy (non-hydrogen) atoms. The van der Waals surface area contributed by atoms with Crippen LogP contribution in [0, 0.1) is 5.92 Å². The first-order chi connectivity index (χ1) is 6.63. The van der Waals surface area contributed by atoms with Crippen molar-refractivity contribution in [1.82, 2.24) is 10.6 Å². The topological polar surface area (TPSA) is 58.2 Å². The monoisotopic (exact) mass is 214 g/mol. The Hall–Kier alpha value is -1.06. The Bertz CT molecular complexity index is 241. The van der Waals surface area contributed by atoms with E-state index in [9.17, 15) is 9.59 Å². The van der Waals surface area contributed by atoms with Crippen LogP contribution in [0.4, 0.5) is 0 Å². The van der Waals surface area contributed by atoms with Crippen molar-refractivity contribution >= 4 is 11.8 Å². The average Bonchev–Trinajstić information content (AvgIpc) is 2.00. The van der Waals surface area contributed by atoms with Crippen LogP contribution in [0.2, 0.25) is 0 Å². The van der Waals surface area contributed by atoms with Gasteiger partial charge in [0.05, 0.1) is 0 Å². The minimum atomic E-state index is -0.487. The third-order valence-electron chi connectivity index (χ3n) is 1.77. The van der Waals surface area contributed by atoms with Crippen LogP contribution in [0.25, 0.3) is 0 Å². The van der Waals surface area contributed by atoms with E-state index >= 15 is 0 Å². The Labute approximate surface area is 91.8 Å². The van der Waals surface area contributed by atoms with Crippen LogP contribution < -0.4 is 10.6 Å². The molecule has 2 N–H and O–H groups in total. The van der Waals surface area contributed by atoms with Gasteiger partial charge in [0, 0.05) is 11.5 Å². The summed E-state index contributed by atoms with van der Waals surface area (Å²) in [6.45, 7) is 11.0. The van der Waals surface area contributed by atoms with Crippen molar-refractivity contribution in [2.45, 2.75) is 53.1 Å². The summed E-state index contributed by atoms with van der Waals surface area (Å²) in [5.41, 5.74) is -0.270. The van der Waals surface area contributed by atoms with E-state index in [4.69, 9.17) is 0 Å². The second kappa shape index (κ2) is 5.14. The molecule has 4 heteroatoms. The van der Waals surface area contributed by atoms with Crippen LogP contribution >= 0.6 is 0 Å². The molecule has 0 aromatic carbocycles. The number of hydrogen-bond donors (Lipinski definition) is 2. The minimum Gasteiger partial charge on any atom is -0.350 e. The fourth-order valence-electron chi connectivity index (χ4n) is 0.923. The zero-order valence-corrected chi connectivity index (χ0v) is 10.5. The molecule has 0 aliphatic carbocycles. The van der Waals surface area contributed by atoms with Crippen molar-refractivity contribution in [2.24, 2.45) is 5.92 Å². The number of carbonyl (C=O) groups is 2. The highest BCUT2D eigenvalue weighted by atomic mass is 16.2. The number of nitrogens with one attached hydrogen (secondary N) is 2. The molecule has 88 valence electrons. The van der Waals surface area contributed by atoms with E-state index in [0.717, 1.165) is 0 Å². The van der Waals surface area contributed by atoms with Gasteiger partial charge < -0.3 is 10.6 Å². The smallest absolute Gasteiger partial charge is 0.242 e. The van der Waals surface area contributed by atoms with Gasteiger partial charge in [-0.1, -0.05) is 13.8 Å². The van der Waals surface area contributed by atoms with E-state index < -0.39 is 6.04 Å². The Morgan fingerprint density at radius 1 is 1.00 bits per heavy atom. The molecule has 0 spiro atoms. The van der Waals surface area contributed by atoms with E-state index in [1.807, 2.05) is 20.8 Å². The molecule has 1 unspecified atom stereocenters. The quantitative estimate of drug-likeness (QED) is 0.738. The summed E-state index contributed by atoms with van der Waals surface area (Å²) in [4.78, 5) is 22.9. The van der Waals surface area contributed by atoms with Crippen LogP contribution in [0.3, 0.4) is 0 Å². The maximum absolute atomic E-state index is 11.6. The second-order valence-electron chi connectivity index (χ2n) is 5.12. The van der Waals surface area contributed by atoms with Gasteiger partial charge in [0.2, 0.25) is 11.8 Å². The van der Waals surface area contributed by atoms with Gasteiger partial charge >= 0.3 is 0 Å². The van der Waals surface area contributed by atoms with E-state index in [1.54, 1.807) is 20.8 Å². The fraction of sp³-hybridized carbons (Fsp3) is 0.818. The van der Waals surface area contributed by atoms with Crippen molar-refractivity contribution in [1.29, 1.82) is 0 Å². The van der Waals surface area contributed by atoms with Gasteiger partial charge in [-0.05, 0) is 27.7 Å². The van der Waals surface area contributed by atoms with Crippen LogP contribution in [0.5, 0.6) is 0 Å². The molecular weight excluding hydrogens is 192 g/mol. The molecule has 1 atom stereocenters. The molecule has 0 aromatic rings. The summed E-state index contributed by atoms with van der Waals surface area (Å²) >= 11 is 0.